The second kappa shape index (κ2) is 9.33. The fourth-order valence-corrected chi connectivity index (χ4v) is 2.31. The second-order valence-electron chi connectivity index (χ2n) is 5.71. The van der Waals surface area contributed by atoms with Crippen molar-refractivity contribution in [1.82, 2.24) is 5.32 Å². The van der Waals surface area contributed by atoms with Crippen LogP contribution >= 0.6 is 0 Å². The molecule has 0 bridgehead atoms. The van der Waals surface area contributed by atoms with Crippen LogP contribution in [-0.4, -0.2) is 35.5 Å². The van der Waals surface area contributed by atoms with Gasteiger partial charge in [0.15, 0.2) is 0 Å². The Bertz CT molecular complexity index is 759. The number of hydrogen-bond donors (Lipinski definition) is 3. The molecule has 2 aromatic rings. The molecule has 0 aliphatic carbocycles. The van der Waals surface area contributed by atoms with Crippen LogP contribution in [0.5, 0.6) is 0 Å². The molecule has 0 fully saturated rings. The molecule has 0 aliphatic heterocycles. The van der Waals surface area contributed by atoms with Crippen LogP contribution < -0.4 is 11.1 Å². The summed E-state index contributed by atoms with van der Waals surface area (Å²) in [5.41, 5.74) is 7.10. The zero-order chi connectivity index (χ0) is 18.9. The van der Waals surface area contributed by atoms with E-state index in [1.54, 1.807) is 12.1 Å². The lowest BCUT2D eigenvalue weighted by molar-refractivity contribution is -0.130. The van der Waals surface area contributed by atoms with Gasteiger partial charge in [0.25, 0.3) is 0 Å². The summed E-state index contributed by atoms with van der Waals surface area (Å²) in [7, 11) is 0. The predicted octanol–water partition coefficient (Wildman–Crippen LogP) is 1.11. The molecule has 0 saturated carbocycles. The number of carbonyl (C=O) groups excluding carboxylic acids is 2. The topological polar surface area (TPSA) is 119 Å². The molecule has 1 atom stereocenters. The van der Waals surface area contributed by atoms with Gasteiger partial charge in [0.05, 0.1) is 12.2 Å². The van der Waals surface area contributed by atoms with Crippen molar-refractivity contribution in [2.45, 2.75) is 19.1 Å². The van der Waals surface area contributed by atoms with Crippen LogP contribution in [0.3, 0.4) is 0 Å². The lowest BCUT2D eigenvalue weighted by atomic mass is 10.0. The average Bonchev–Trinajstić information content (AvgIpc) is 2.62. The van der Waals surface area contributed by atoms with E-state index in [4.69, 9.17) is 15.6 Å². The molecule has 4 N–H and O–H groups in total. The Labute approximate surface area is 150 Å². The van der Waals surface area contributed by atoms with Crippen molar-refractivity contribution in [3.63, 3.8) is 0 Å². The molecule has 2 aromatic carbocycles. The lowest BCUT2D eigenvalue weighted by Gasteiger charge is -2.16. The van der Waals surface area contributed by atoms with Crippen molar-refractivity contribution in [1.29, 1.82) is 0 Å². The minimum atomic E-state index is -1.04. The van der Waals surface area contributed by atoms with Gasteiger partial charge < -0.3 is 20.9 Å². The van der Waals surface area contributed by atoms with Gasteiger partial charge in [-0.2, -0.15) is 0 Å². The number of carbonyl (C=O) groups is 3. The first-order valence-corrected chi connectivity index (χ1v) is 7.98. The SMILES string of the molecule is NC(=O)[C@H](Cc1ccc(C(=O)O)cc1)NC(=O)COCc1ccccc1. The summed E-state index contributed by atoms with van der Waals surface area (Å²) in [5.74, 6) is -2.16. The Kier molecular flexibility index (Phi) is 6.87. The minimum absolute atomic E-state index is 0.141. The van der Waals surface area contributed by atoms with Crippen LogP contribution in [0.1, 0.15) is 21.5 Å². The Morgan fingerprint density at radius 3 is 2.23 bits per heavy atom. The highest BCUT2D eigenvalue weighted by Crippen LogP contribution is 2.07. The first-order valence-electron chi connectivity index (χ1n) is 7.98. The summed E-state index contributed by atoms with van der Waals surface area (Å²) < 4.78 is 5.32. The van der Waals surface area contributed by atoms with Gasteiger partial charge in [-0.05, 0) is 23.3 Å². The number of carboxylic acids is 1. The predicted molar refractivity (Wildman–Crippen MR) is 94.3 cm³/mol. The van der Waals surface area contributed by atoms with Gasteiger partial charge in [-0.3, -0.25) is 9.59 Å². The average molecular weight is 356 g/mol. The van der Waals surface area contributed by atoms with Crippen molar-refractivity contribution < 1.29 is 24.2 Å². The third-order valence-corrected chi connectivity index (χ3v) is 3.66. The van der Waals surface area contributed by atoms with E-state index in [9.17, 15) is 14.4 Å². The molecule has 136 valence electrons. The van der Waals surface area contributed by atoms with Gasteiger partial charge in [-0.25, -0.2) is 4.79 Å². The molecule has 0 saturated heterocycles. The quantitative estimate of drug-likeness (QED) is 0.622. The molecule has 0 spiro atoms. The standard InChI is InChI=1S/C19H20N2O5/c20-18(23)16(10-13-6-8-15(9-7-13)19(24)25)21-17(22)12-26-11-14-4-2-1-3-5-14/h1-9,16H,10-12H2,(H2,20,23)(H,21,22)(H,24,25)/t16-/m0/s1. The van der Waals surface area contributed by atoms with E-state index < -0.39 is 23.8 Å². The van der Waals surface area contributed by atoms with E-state index in [-0.39, 0.29) is 25.2 Å². The number of carboxylic acid groups (broad SMARTS) is 1. The Morgan fingerprint density at radius 2 is 1.65 bits per heavy atom. The van der Waals surface area contributed by atoms with Gasteiger partial charge >= 0.3 is 5.97 Å². The third kappa shape index (κ3) is 6.03. The molecular weight excluding hydrogens is 336 g/mol. The molecule has 7 heteroatoms. The van der Waals surface area contributed by atoms with Crippen LogP contribution in [0.25, 0.3) is 0 Å². The Hall–Kier alpha value is -3.19. The number of hydrogen-bond acceptors (Lipinski definition) is 4. The van der Waals surface area contributed by atoms with E-state index >= 15 is 0 Å². The normalized spacial score (nSPS) is 11.5. The summed E-state index contributed by atoms with van der Waals surface area (Å²) in [5, 5.41) is 11.4. The van der Waals surface area contributed by atoms with Crippen molar-refractivity contribution in [2.75, 3.05) is 6.61 Å². The van der Waals surface area contributed by atoms with E-state index in [0.29, 0.717) is 5.56 Å². The molecule has 2 rings (SSSR count). The van der Waals surface area contributed by atoms with E-state index in [1.165, 1.54) is 12.1 Å². The second-order valence-corrected chi connectivity index (χ2v) is 5.71. The van der Waals surface area contributed by atoms with Gasteiger partial charge in [0, 0.05) is 6.42 Å². The number of rotatable bonds is 9. The molecule has 7 nitrogen and oxygen atoms in total. The van der Waals surface area contributed by atoms with Crippen LogP contribution in [-0.2, 0) is 27.4 Å². The number of primary amides is 1. The number of benzene rings is 2. The molecule has 26 heavy (non-hydrogen) atoms. The minimum Gasteiger partial charge on any atom is -0.478 e. The van der Waals surface area contributed by atoms with Gasteiger partial charge in [-0.1, -0.05) is 42.5 Å². The number of aromatic carboxylic acids is 1. The van der Waals surface area contributed by atoms with Gasteiger partial charge in [-0.15, -0.1) is 0 Å². The molecule has 0 unspecified atom stereocenters. The molecule has 2 amide bonds. The fourth-order valence-electron chi connectivity index (χ4n) is 2.31. The maximum absolute atomic E-state index is 12.0. The molecule has 0 radical (unpaired) electrons. The van der Waals surface area contributed by atoms with Crippen molar-refractivity contribution in [3.8, 4) is 0 Å². The summed E-state index contributed by atoms with van der Waals surface area (Å²) in [6, 6.07) is 14.5. The van der Waals surface area contributed by atoms with E-state index in [0.717, 1.165) is 5.56 Å². The highest BCUT2D eigenvalue weighted by molar-refractivity contribution is 5.88. The maximum Gasteiger partial charge on any atom is 0.335 e. The Morgan fingerprint density at radius 1 is 1.00 bits per heavy atom. The molecule has 0 aromatic heterocycles. The zero-order valence-corrected chi connectivity index (χ0v) is 14.1. The molecule has 0 heterocycles. The third-order valence-electron chi connectivity index (χ3n) is 3.66. The lowest BCUT2D eigenvalue weighted by Crippen LogP contribution is -2.47. The smallest absolute Gasteiger partial charge is 0.335 e. The highest BCUT2D eigenvalue weighted by atomic mass is 16.5. The monoisotopic (exact) mass is 356 g/mol. The number of nitrogens with one attached hydrogen (secondary N) is 1. The van der Waals surface area contributed by atoms with Crippen LogP contribution in [0, 0.1) is 0 Å². The first kappa shape index (κ1) is 19.1. The number of amides is 2. The van der Waals surface area contributed by atoms with Crippen molar-refractivity contribution in [3.05, 3.63) is 71.3 Å². The number of nitrogens with two attached hydrogens (primary N) is 1. The largest absolute Gasteiger partial charge is 0.478 e. The van der Waals surface area contributed by atoms with E-state index in [2.05, 4.69) is 5.32 Å². The first-order chi connectivity index (χ1) is 12.5. The van der Waals surface area contributed by atoms with Crippen LogP contribution in [0.4, 0.5) is 0 Å². The highest BCUT2D eigenvalue weighted by Gasteiger charge is 2.19. The summed E-state index contributed by atoms with van der Waals surface area (Å²) in [6.45, 7) is 0.0861. The maximum atomic E-state index is 12.0. The summed E-state index contributed by atoms with van der Waals surface area (Å²) in [4.78, 5) is 34.4. The fraction of sp³-hybridized carbons (Fsp3) is 0.211. The Balaban J connectivity index is 1.85. The summed E-state index contributed by atoms with van der Waals surface area (Å²) in [6.07, 6.45) is 0.166. The molecular formula is C19H20N2O5. The molecule has 0 aliphatic rings. The zero-order valence-electron chi connectivity index (χ0n) is 14.1. The summed E-state index contributed by atoms with van der Waals surface area (Å²) >= 11 is 0. The van der Waals surface area contributed by atoms with Gasteiger partial charge in [0.1, 0.15) is 12.6 Å². The van der Waals surface area contributed by atoms with Gasteiger partial charge in [0.2, 0.25) is 11.8 Å². The van der Waals surface area contributed by atoms with E-state index in [1.807, 2.05) is 30.3 Å². The van der Waals surface area contributed by atoms with Crippen molar-refractivity contribution in [2.24, 2.45) is 5.73 Å². The number of ether oxygens (including phenoxy) is 1. The van der Waals surface area contributed by atoms with Crippen molar-refractivity contribution >= 4 is 17.8 Å². The van der Waals surface area contributed by atoms with Crippen LogP contribution in [0.2, 0.25) is 0 Å². The van der Waals surface area contributed by atoms with Crippen LogP contribution in [0.15, 0.2) is 54.6 Å².